The molecule has 2 aromatic heterocycles. The fourth-order valence-electron chi connectivity index (χ4n) is 4.19. The van der Waals surface area contributed by atoms with Gasteiger partial charge in [-0.1, -0.05) is 42.5 Å². The van der Waals surface area contributed by atoms with E-state index in [0.717, 1.165) is 30.5 Å². The molecular weight excluding hydrogens is 432 g/mol. The number of para-hydroxylation sites is 2. The quantitative estimate of drug-likeness (QED) is 0.480. The van der Waals surface area contributed by atoms with Gasteiger partial charge < -0.3 is 10.2 Å². The summed E-state index contributed by atoms with van der Waals surface area (Å²) in [5.74, 6) is -0.248. The maximum atomic E-state index is 13.3. The van der Waals surface area contributed by atoms with E-state index in [4.69, 9.17) is 0 Å². The Hall–Kier alpha value is -3.55. The third-order valence-electron chi connectivity index (χ3n) is 5.92. The molecule has 6 nitrogen and oxygen atoms in total. The van der Waals surface area contributed by atoms with Crippen LogP contribution in [0, 0.1) is 0 Å². The number of rotatable bonds is 5. The van der Waals surface area contributed by atoms with Crippen molar-refractivity contribution >= 4 is 39.7 Å². The monoisotopic (exact) mass is 456 g/mol. The molecule has 2 aromatic carbocycles. The van der Waals surface area contributed by atoms with Crippen LogP contribution in [0.5, 0.6) is 0 Å². The predicted molar refractivity (Wildman–Crippen MR) is 132 cm³/mol. The highest BCUT2D eigenvalue weighted by atomic mass is 32.1. The lowest BCUT2D eigenvalue weighted by Gasteiger charge is -2.35. The van der Waals surface area contributed by atoms with Crippen LogP contribution in [0.15, 0.2) is 78.3 Å². The van der Waals surface area contributed by atoms with E-state index in [1.54, 1.807) is 18.2 Å². The lowest BCUT2D eigenvalue weighted by molar-refractivity contribution is 0.0630. The van der Waals surface area contributed by atoms with E-state index < -0.39 is 0 Å². The van der Waals surface area contributed by atoms with Crippen molar-refractivity contribution in [2.45, 2.75) is 6.54 Å². The average molecular weight is 457 g/mol. The number of aromatic nitrogens is 1. The second-order valence-corrected chi connectivity index (χ2v) is 8.99. The van der Waals surface area contributed by atoms with Gasteiger partial charge in [0.2, 0.25) is 0 Å². The fraction of sp³-hybridized carbons (Fsp3) is 0.192. The number of nitrogens with zero attached hydrogens (tertiary/aromatic N) is 3. The molecule has 1 aliphatic heterocycles. The number of hydrogen-bond acceptors (Lipinski definition) is 5. The standard InChI is InChI=1S/C26H24N4O2S/c31-25(23-11-5-17-33-23)28-22-10-2-1-9-21(22)26(32)30-15-13-29(14-16-30)18-20-7-3-6-19-8-4-12-27-24(19)20/h1-12,17H,13-16,18H2,(H,28,31). The molecule has 0 aliphatic carbocycles. The molecule has 1 aliphatic rings. The average Bonchev–Trinajstić information content (AvgIpc) is 3.40. The first-order chi connectivity index (χ1) is 16.2. The minimum atomic E-state index is -0.196. The number of carbonyl (C=O) groups is 2. The second-order valence-electron chi connectivity index (χ2n) is 8.04. The minimum Gasteiger partial charge on any atom is -0.336 e. The lowest BCUT2D eigenvalue weighted by atomic mass is 10.1. The van der Waals surface area contributed by atoms with E-state index in [-0.39, 0.29) is 11.8 Å². The molecule has 2 amide bonds. The Morgan fingerprint density at radius 2 is 1.73 bits per heavy atom. The zero-order valence-corrected chi connectivity index (χ0v) is 18.9. The van der Waals surface area contributed by atoms with Crippen molar-refractivity contribution in [2.24, 2.45) is 0 Å². The van der Waals surface area contributed by atoms with E-state index in [2.05, 4.69) is 39.5 Å². The van der Waals surface area contributed by atoms with Gasteiger partial charge in [-0.25, -0.2) is 0 Å². The van der Waals surface area contributed by atoms with Gasteiger partial charge in [-0.3, -0.25) is 19.5 Å². The Bertz CT molecular complexity index is 1280. The van der Waals surface area contributed by atoms with Crippen LogP contribution >= 0.6 is 11.3 Å². The van der Waals surface area contributed by atoms with E-state index >= 15 is 0 Å². The number of benzene rings is 2. The van der Waals surface area contributed by atoms with Gasteiger partial charge in [-0.05, 0) is 35.2 Å². The summed E-state index contributed by atoms with van der Waals surface area (Å²) >= 11 is 1.38. The topological polar surface area (TPSA) is 65.5 Å². The normalized spacial score (nSPS) is 14.4. The number of fused-ring (bicyclic) bond motifs is 1. The smallest absolute Gasteiger partial charge is 0.265 e. The Kier molecular flexibility index (Phi) is 6.15. The van der Waals surface area contributed by atoms with Crippen LogP contribution in [0.25, 0.3) is 10.9 Å². The van der Waals surface area contributed by atoms with Crippen molar-refractivity contribution in [1.29, 1.82) is 0 Å². The molecule has 0 bridgehead atoms. The number of hydrogen-bond donors (Lipinski definition) is 1. The third kappa shape index (κ3) is 4.65. The van der Waals surface area contributed by atoms with Gasteiger partial charge in [0.25, 0.3) is 11.8 Å². The maximum absolute atomic E-state index is 13.3. The number of thiophene rings is 1. The summed E-state index contributed by atoms with van der Waals surface area (Å²) in [5.41, 5.74) is 3.31. The molecule has 7 heteroatoms. The molecule has 1 fully saturated rings. The van der Waals surface area contributed by atoms with Crippen LogP contribution in [0.1, 0.15) is 25.6 Å². The van der Waals surface area contributed by atoms with Crippen molar-refractivity contribution in [3.05, 3.63) is 94.3 Å². The molecule has 5 rings (SSSR count). The van der Waals surface area contributed by atoms with E-state index in [1.807, 2.05) is 40.7 Å². The summed E-state index contributed by atoms with van der Waals surface area (Å²) in [6.07, 6.45) is 1.83. The first-order valence-corrected chi connectivity index (χ1v) is 11.8. The molecule has 0 unspecified atom stereocenters. The molecule has 3 heterocycles. The number of carbonyl (C=O) groups excluding carboxylic acids is 2. The summed E-state index contributed by atoms with van der Waals surface area (Å²) in [6.45, 7) is 3.68. The van der Waals surface area contributed by atoms with Crippen LogP contribution in [0.4, 0.5) is 5.69 Å². The summed E-state index contributed by atoms with van der Waals surface area (Å²) in [5, 5.41) is 5.90. The first kappa shape index (κ1) is 21.3. The summed E-state index contributed by atoms with van der Waals surface area (Å²) in [7, 11) is 0. The number of piperazine rings is 1. The van der Waals surface area contributed by atoms with Crippen molar-refractivity contribution < 1.29 is 9.59 Å². The summed E-state index contributed by atoms with van der Waals surface area (Å²) < 4.78 is 0. The minimum absolute atomic E-state index is 0.0523. The zero-order valence-electron chi connectivity index (χ0n) is 18.1. The van der Waals surface area contributed by atoms with Gasteiger partial charge in [-0.15, -0.1) is 11.3 Å². The summed E-state index contributed by atoms with van der Waals surface area (Å²) in [6, 6.07) is 21.1. The van der Waals surface area contributed by atoms with Crippen molar-refractivity contribution in [1.82, 2.24) is 14.8 Å². The van der Waals surface area contributed by atoms with Crippen molar-refractivity contribution in [3.63, 3.8) is 0 Å². The highest BCUT2D eigenvalue weighted by molar-refractivity contribution is 7.12. The van der Waals surface area contributed by atoms with Gasteiger partial charge in [0, 0.05) is 44.3 Å². The molecule has 166 valence electrons. The van der Waals surface area contributed by atoms with Crippen LogP contribution in [0.2, 0.25) is 0 Å². The highest BCUT2D eigenvalue weighted by Crippen LogP contribution is 2.22. The Balaban J connectivity index is 1.24. The lowest BCUT2D eigenvalue weighted by Crippen LogP contribution is -2.48. The molecule has 0 spiro atoms. The molecular formula is C26H24N4O2S. The van der Waals surface area contributed by atoms with E-state index in [0.29, 0.717) is 29.2 Å². The van der Waals surface area contributed by atoms with Crippen LogP contribution in [-0.2, 0) is 6.54 Å². The Labute approximate surface area is 196 Å². The van der Waals surface area contributed by atoms with Crippen LogP contribution in [0.3, 0.4) is 0 Å². The molecule has 0 atom stereocenters. The molecule has 0 saturated carbocycles. The number of nitrogens with one attached hydrogen (secondary N) is 1. The maximum Gasteiger partial charge on any atom is 0.265 e. The predicted octanol–water partition coefficient (Wildman–Crippen LogP) is 4.51. The molecule has 33 heavy (non-hydrogen) atoms. The van der Waals surface area contributed by atoms with Crippen molar-refractivity contribution in [3.8, 4) is 0 Å². The van der Waals surface area contributed by atoms with E-state index in [1.165, 1.54) is 16.9 Å². The van der Waals surface area contributed by atoms with Gasteiger partial charge in [0.15, 0.2) is 0 Å². The first-order valence-electron chi connectivity index (χ1n) is 11.0. The highest BCUT2D eigenvalue weighted by Gasteiger charge is 2.24. The van der Waals surface area contributed by atoms with Gasteiger partial charge >= 0.3 is 0 Å². The van der Waals surface area contributed by atoms with Crippen molar-refractivity contribution in [2.75, 3.05) is 31.5 Å². The largest absolute Gasteiger partial charge is 0.336 e. The molecule has 1 N–H and O–H groups in total. The zero-order chi connectivity index (χ0) is 22.6. The van der Waals surface area contributed by atoms with Crippen LogP contribution in [-0.4, -0.2) is 52.8 Å². The molecule has 0 radical (unpaired) electrons. The van der Waals surface area contributed by atoms with Crippen LogP contribution < -0.4 is 5.32 Å². The second kappa shape index (κ2) is 9.52. The molecule has 4 aromatic rings. The fourth-order valence-corrected chi connectivity index (χ4v) is 4.80. The number of anilines is 1. The third-order valence-corrected chi connectivity index (χ3v) is 6.79. The Morgan fingerprint density at radius 1 is 0.909 bits per heavy atom. The Morgan fingerprint density at radius 3 is 2.55 bits per heavy atom. The SMILES string of the molecule is O=C(Nc1ccccc1C(=O)N1CCN(Cc2cccc3cccnc23)CC1)c1cccs1. The van der Waals surface area contributed by atoms with Gasteiger partial charge in [0.1, 0.15) is 0 Å². The summed E-state index contributed by atoms with van der Waals surface area (Å²) in [4.78, 5) is 35.2. The molecule has 1 saturated heterocycles. The number of amides is 2. The number of pyridine rings is 1. The van der Waals surface area contributed by atoms with Gasteiger partial charge in [-0.2, -0.15) is 0 Å². The van der Waals surface area contributed by atoms with E-state index in [9.17, 15) is 9.59 Å². The van der Waals surface area contributed by atoms with Gasteiger partial charge in [0.05, 0.1) is 21.6 Å².